The van der Waals surface area contributed by atoms with Gasteiger partial charge in [-0.2, -0.15) is 0 Å². The molecule has 2 aromatic rings. The van der Waals surface area contributed by atoms with Gasteiger partial charge < -0.3 is 20.8 Å². The summed E-state index contributed by atoms with van der Waals surface area (Å²) in [6.07, 6.45) is -1.57. The summed E-state index contributed by atoms with van der Waals surface area (Å²) in [5.41, 5.74) is 2.32. The zero-order valence-corrected chi connectivity index (χ0v) is 12.7. The van der Waals surface area contributed by atoms with Crippen LogP contribution >= 0.6 is 0 Å². The zero-order chi connectivity index (χ0) is 15.6. The minimum Gasteiger partial charge on any atom is -0.389 e. The Bertz CT molecular complexity index is 470. The lowest BCUT2D eigenvalue weighted by Crippen LogP contribution is -2.41. The number of aliphatic hydroxyl groups excluding tert-OH is 2. The Morgan fingerprint density at radius 2 is 1.00 bits per heavy atom. The second kappa shape index (κ2) is 9.33. The molecule has 0 aliphatic carbocycles. The monoisotopic (exact) mass is 300 g/mol. The Hall–Kier alpha value is -1.72. The van der Waals surface area contributed by atoms with E-state index in [-0.39, 0.29) is 0 Å². The van der Waals surface area contributed by atoms with Crippen LogP contribution in [0.1, 0.15) is 11.1 Å². The van der Waals surface area contributed by atoms with Gasteiger partial charge in [0.05, 0.1) is 12.2 Å². The summed E-state index contributed by atoms with van der Waals surface area (Å²) in [5.74, 6) is 0. The lowest BCUT2D eigenvalue weighted by Gasteiger charge is -2.19. The van der Waals surface area contributed by atoms with Gasteiger partial charge in [-0.05, 0) is 11.1 Å². The molecule has 0 aliphatic rings. The molecule has 0 saturated heterocycles. The summed E-state index contributed by atoms with van der Waals surface area (Å²) in [5, 5.41) is 26.2. The molecule has 0 amide bonds. The van der Waals surface area contributed by atoms with Gasteiger partial charge in [0.15, 0.2) is 0 Å². The molecule has 2 aromatic carbocycles. The fraction of sp³-hybridized carbons (Fsp3) is 0.333. The van der Waals surface area contributed by atoms with Gasteiger partial charge >= 0.3 is 0 Å². The normalized spacial score (nSPS) is 13.7. The Labute approximate surface area is 131 Å². The molecule has 0 fully saturated rings. The predicted octanol–water partition coefficient (Wildman–Crippen LogP) is 1.29. The summed E-state index contributed by atoms with van der Waals surface area (Å²) in [6.45, 7) is 2.09. The maximum Gasteiger partial charge on any atom is 0.0935 e. The van der Waals surface area contributed by atoms with Crippen molar-refractivity contribution >= 4 is 0 Å². The van der Waals surface area contributed by atoms with E-state index >= 15 is 0 Å². The lowest BCUT2D eigenvalue weighted by molar-refractivity contribution is 0.0205. The molecule has 2 rings (SSSR count). The van der Waals surface area contributed by atoms with Gasteiger partial charge in [0.25, 0.3) is 0 Å². The minimum absolute atomic E-state index is 0.364. The number of rotatable bonds is 9. The zero-order valence-electron chi connectivity index (χ0n) is 12.7. The summed E-state index contributed by atoms with van der Waals surface area (Å²) >= 11 is 0. The second-order valence-corrected chi connectivity index (χ2v) is 5.37. The Morgan fingerprint density at radius 1 is 0.636 bits per heavy atom. The van der Waals surface area contributed by atoms with Crippen molar-refractivity contribution in [2.24, 2.45) is 0 Å². The van der Waals surface area contributed by atoms with Crippen molar-refractivity contribution in [1.29, 1.82) is 0 Å². The number of aliphatic hydroxyl groups is 2. The molecule has 2 atom stereocenters. The molecule has 0 aliphatic heterocycles. The quantitative estimate of drug-likeness (QED) is 0.563. The van der Waals surface area contributed by atoms with E-state index in [4.69, 9.17) is 0 Å². The van der Waals surface area contributed by atoms with Gasteiger partial charge in [0, 0.05) is 26.2 Å². The molecule has 4 nitrogen and oxygen atoms in total. The van der Waals surface area contributed by atoms with E-state index in [9.17, 15) is 10.2 Å². The number of nitrogens with one attached hydrogen (secondary N) is 2. The molecule has 0 heterocycles. The third-order valence-corrected chi connectivity index (χ3v) is 3.50. The van der Waals surface area contributed by atoms with Crippen molar-refractivity contribution in [2.45, 2.75) is 25.3 Å². The van der Waals surface area contributed by atoms with Crippen LogP contribution in [-0.4, -0.2) is 35.5 Å². The molecule has 0 saturated carbocycles. The summed E-state index contributed by atoms with van der Waals surface area (Å²) in [6, 6.07) is 20.0. The summed E-state index contributed by atoms with van der Waals surface area (Å²) in [7, 11) is 0. The molecular weight excluding hydrogens is 276 g/mol. The largest absolute Gasteiger partial charge is 0.389 e. The van der Waals surface area contributed by atoms with Gasteiger partial charge in [-0.3, -0.25) is 0 Å². The predicted molar refractivity (Wildman–Crippen MR) is 88.3 cm³/mol. The van der Waals surface area contributed by atoms with Crippen LogP contribution in [0.25, 0.3) is 0 Å². The van der Waals surface area contributed by atoms with Crippen molar-refractivity contribution in [1.82, 2.24) is 10.6 Å². The van der Waals surface area contributed by atoms with Crippen LogP contribution in [-0.2, 0) is 13.1 Å². The van der Waals surface area contributed by atoms with Crippen LogP contribution in [0.2, 0.25) is 0 Å². The van der Waals surface area contributed by atoms with Gasteiger partial charge in [-0.25, -0.2) is 0 Å². The van der Waals surface area contributed by atoms with Gasteiger partial charge in [0.2, 0.25) is 0 Å². The van der Waals surface area contributed by atoms with Crippen molar-refractivity contribution in [3.8, 4) is 0 Å². The number of hydrogen-bond donors (Lipinski definition) is 4. The molecule has 0 spiro atoms. The maximum absolute atomic E-state index is 9.94. The van der Waals surface area contributed by atoms with E-state index < -0.39 is 12.2 Å². The number of benzene rings is 2. The molecule has 0 unspecified atom stereocenters. The summed E-state index contributed by atoms with van der Waals surface area (Å²) < 4.78 is 0. The summed E-state index contributed by atoms with van der Waals surface area (Å²) in [4.78, 5) is 0. The van der Waals surface area contributed by atoms with E-state index in [2.05, 4.69) is 10.6 Å². The first-order valence-corrected chi connectivity index (χ1v) is 7.61. The smallest absolute Gasteiger partial charge is 0.0935 e. The van der Waals surface area contributed by atoms with Gasteiger partial charge in [-0.15, -0.1) is 0 Å². The Kier molecular flexibility index (Phi) is 7.06. The maximum atomic E-state index is 9.94. The Balaban J connectivity index is 1.61. The number of hydrogen-bond acceptors (Lipinski definition) is 4. The van der Waals surface area contributed by atoms with Crippen molar-refractivity contribution < 1.29 is 10.2 Å². The highest BCUT2D eigenvalue weighted by Gasteiger charge is 2.15. The molecule has 0 bridgehead atoms. The van der Waals surface area contributed by atoms with E-state index in [1.165, 1.54) is 0 Å². The third kappa shape index (κ3) is 5.95. The average molecular weight is 300 g/mol. The highest BCUT2D eigenvalue weighted by Crippen LogP contribution is 2.00. The highest BCUT2D eigenvalue weighted by molar-refractivity contribution is 5.15. The second-order valence-electron chi connectivity index (χ2n) is 5.37. The fourth-order valence-electron chi connectivity index (χ4n) is 2.19. The van der Waals surface area contributed by atoms with Crippen molar-refractivity contribution in [3.63, 3.8) is 0 Å². The molecule has 4 N–H and O–H groups in total. The molecular formula is C18H24N2O2. The van der Waals surface area contributed by atoms with E-state index in [1.54, 1.807) is 0 Å². The Morgan fingerprint density at radius 3 is 1.36 bits per heavy atom. The van der Waals surface area contributed by atoms with Gasteiger partial charge in [-0.1, -0.05) is 60.7 Å². The minimum atomic E-state index is -0.785. The van der Waals surface area contributed by atoms with Crippen LogP contribution in [0.5, 0.6) is 0 Å². The van der Waals surface area contributed by atoms with Crippen LogP contribution in [0.4, 0.5) is 0 Å². The van der Waals surface area contributed by atoms with Crippen LogP contribution in [0.15, 0.2) is 60.7 Å². The highest BCUT2D eigenvalue weighted by atomic mass is 16.3. The lowest BCUT2D eigenvalue weighted by atomic mass is 10.1. The van der Waals surface area contributed by atoms with E-state index in [0.717, 1.165) is 11.1 Å². The first-order chi connectivity index (χ1) is 10.8. The van der Waals surface area contributed by atoms with Crippen molar-refractivity contribution in [2.75, 3.05) is 13.1 Å². The van der Waals surface area contributed by atoms with E-state index in [0.29, 0.717) is 26.2 Å². The molecule has 0 aromatic heterocycles. The van der Waals surface area contributed by atoms with Crippen molar-refractivity contribution in [3.05, 3.63) is 71.8 Å². The standard InChI is InChI=1S/C18H24N2O2/c21-17(13-19-11-15-7-3-1-4-8-15)18(22)14-20-12-16-9-5-2-6-10-16/h1-10,17-22H,11-14H2/t17-,18-/m0/s1. The topological polar surface area (TPSA) is 64.5 Å². The molecule has 0 radical (unpaired) electrons. The van der Waals surface area contributed by atoms with Crippen LogP contribution in [0.3, 0.4) is 0 Å². The van der Waals surface area contributed by atoms with Gasteiger partial charge in [0.1, 0.15) is 0 Å². The molecule has 118 valence electrons. The van der Waals surface area contributed by atoms with E-state index in [1.807, 2.05) is 60.7 Å². The fourth-order valence-corrected chi connectivity index (χ4v) is 2.19. The van der Waals surface area contributed by atoms with Crippen LogP contribution < -0.4 is 10.6 Å². The SMILES string of the molecule is O[C@@H](CNCc1ccccc1)[C@@H](O)CNCc1ccccc1. The average Bonchev–Trinajstić information content (AvgIpc) is 2.56. The van der Waals surface area contributed by atoms with Crippen LogP contribution in [0, 0.1) is 0 Å². The molecule has 4 heteroatoms. The third-order valence-electron chi connectivity index (χ3n) is 3.50. The first-order valence-electron chi connectivity index (χ1n) is 7.61. The first kappa shape index (κ1) is 16.6. The molecule has 22 heavy (non-hydrogen) atoms.